The lowest BCUT2D eigenvalue weighted by Gasteiger charge is -2.28. The minimum atomic E-state index is 0.310. The van der Waals surface area contributed by atoms with Gasteiger partial charge in [-0.2, -0.15) is 9.97 Å². The molecule has 0 aliphatic carbocycles. The van der Waals surface area contributed by atoms with Crippen LogP contribution in [0.2, 0.25) is 0 Å². The Hall–Kier alpha value is -1.56. The third-order valence-corrected chi connectivity index (χ3v) is 3.50. The molecule has 6 heteroatoms. The molecule has 2 atom stereocenters. The van der Waals surface area contributed by atoms with Gasteiger partial charge in [-0.25, -0.2) is 0 Å². The van der Waals surface area contributed by atoms with Crippen LogP contribution in [0.25, 0.3) is 0 Å². The number of nitrogens with zero attached hydrogens (tertiary/aromatic N) is 2. The fourth-order valence-electron chi connectivity index (χ4n) is 2.30. The van der Waals surface area contributed by atoms with Gasteiger partial charge in [0.15, 0.2) is 0 Å². The van der Waals surface area contributed by atoms with Gasteiger partial charge < -0.3 is 20.1 Å². The van der Waals surface area contributed by atoms with Gasteiger partial charge in [0.2, 0.25) is 17.7 Å². The summed E-state index contributed by atoms with van der Waals surface area (Å²) in [4.78, 5) is 8.58. The number of anilines is 1. The topological polar surface area (TPSA) is 68.3 Å². The van der Waals surface area contributed by atoms with Crippen molar-refractivity contribution in [3.8, 4) is 11.8 Å². The highest BCUT2D eigenvalue weighted by atomic mass is 16.5. The number of rotatable bonds is 5. The predicted octanol–water partition coefficient (Wildman–Crippen LogP) is 1.29. The van der Waals surface area contributed by atoms with Crippen molar-refractivity contribution in [2.75, 3.05) is 32.6 Å². The molecule has 1 aromatic heterocycles. The lowest BCUT2D eigenvalue weighted by Crippen LogP contribution is -2.39. The average Bonchev–Trinajstić information content (AvgIpc) is 2.47. The molecule has 0 spiro atoms. The van der Waals surface area contributed by atoms with Gasteiger partial charge in [0, 0.05) is 6.04 Å². The zero-order chi connectivity index (χ0) is 13.7. The van der Waals surface area contributed by atoms with Crippen LogP contribution in [0.15, 0.2) is 6.07 Å². The lowest BCUT2D eigenvalue weighted by atomic mass is 9.93. The molecule has 1 saturated heterocycles. The van der Waals surface area contributed by atoms with Crippen LogP contribution >= 0.6 is 0 Å². The van der Waals surface area contributed by atoms with E-state index in [1.807, 2.05) is 0 Å². The summed E-state index contributed by atoms with van der Waals surface area (Å²) in [6, 6.07) is 1.97. The van der Waals surface area contributed by atoms with Gasteiger partial charge in [-0.3, -0.25) is 0 Å². The van der Waals surface area contributed by atoms with E-state index in [9.17, 15) is 0 Å². The maximum atomic E-state index is 5.14. The Kier molecular flexibility index (Phi) is 4.79. The van der Waals surface area contributed by atoms with Crippen LogP contribution < -0.4 is 20.1 Å². The highest BCUT2D eigenvalue weighted by Crippen LogP contribution is 2.21. The summed E-state index contributed by atoms with van der Waals surface area (Å²) in [6.45, 7) is 4.31. The summed E-state index contributed by atoms with van der Waals surface area (Å²) in [5.41, 5.74) is 0. The van der Waals surface area contributed by atoms with Crippen LogP contribution in [-0.2, 0) is 0 Å². The molecule has 1 fully saturated rings. The standard InChI is InChI=1S/C13H22N4O2/c1-9(10-5-4-6-14-8-10)15-13-16-11(18-2)7-12(17-13)19-3/h7,9-10,14H,4-6,8H2,1-3H3,(H,15,16,17). The van der Waals surface area contributed by atoms with Crippen molar-refractivity contribution in [3.63, 3.8) is 0 Å². The Morgan fingerprint density at radius 2 is 2.00 bits per heavy atom. The molecule has 2 N–H and O–H groups in total. The molecular weight excluding hydrogens is 244 g/mol. The second kappa shape index (κ2) is 6.56. The largest absolute Gasteiger partial charge is 0.481 e. The number of piperidine rings is 1. The lowest BCUT2D eigenvalue weighted by molar-refractivity contribution is 0.344. The third-order valence-electron chi connectivity index (χ3n) is 3.50. The average molecular weight is 266 g/mol. The normalized spacial score (nSPS) is 20.7. The first-order valence-electron chi connectivity index (χ1n) is 6.67. The van der Waals surface area contributed by atoms with E-state index < -0.39 is 0 Å². The molecule has 0 saturated carbocycles. The smallest absolute Gasteiger partial charge is 0.229 e. The van der Waals surface area contributed by atoms with Gasteiger partial charge in [0.25, 0.3) is 0 Å². The van der Waals surface area contributed by atoms with Crippen LogP contribution in [0.1, 0.15) is 19.8 Å². The van der Waals surface area contributed by atoms with E-state index in [2.05, 4.69) is 27.5 Å². The van der Waals surface area contributed by atoms with Crippen molar-refractivity contribution in [2.24, 2.45) is 5.92 Å². The Balaban J connectivity index is 2.04. The molecule has 0 radical (unpaired) electrons. The summed E-state index contributed by atoms with van der Waals surface area (Å²) in [5.74, 6) is 2.15. The van der Waals surface area contributed by atoms with Gasteiger partial charge in [0.1, 0.15) is 0 Å². The second-order valence-electron chi connectivity index (χ2n) is 4.82. The zero-order valence-corrected chi connectivity index (χ0v) is 11.8. The highest BCUT2D eigenvalue weighted by molar-refractivity contribution is 5.34. The number of aromatic nitrogens is 2. The first-order valence-corrected chi connectivity index (χ1v) is 6.67. The minimum Gasteiger partial charge on any atom is -0.481 e. The van der Waals surface area contributed by atoms with Crippen LogP contribution in [0.3, 0.4) is 0 Å². The number of nitrogens with one attached hydrogen (secondary N) is 2. The molecular formula is C13H22N4O2. The zero-order valence-electron chi connectivity index (χ0n) is 11.8. The van der Waals surface area contributed by atoms with Gasteiger partial charge in [0.05, 0.1) is 20.3 Å². The van der Waals surface area contributed by atoms with Crippen molar-refractivity contribution >= 4 is 5.95 Å². The van der Waals surface area contributed by atoms with Crippen LogP contribution in [-0.4, -0.2) is 43.3 Å². The van der Waals surface area contributed by atoms with Gasteiger partial charge in [-0.05, 0) is 38.8 Å². The van der Waals surface area contributed by atoms with Gasteiger partial charge >= 0.3 is 0 Å². The molecule has 2 rings (SSSR count). The molecule has 0 bridgehead atoms. The molecule has 106 valence electrons. The Bertz CT molecular complexity index is 385. The summed E-state index contributed by atoms with van der Waals surface area (Å²) in [5, 5.41) is 6.76. The highest BCUT2D eigenvalue weighted by Gasteiger charge is 2.20. The summed E-state index contributed by atoms with van der Waals surface area (Å²) in [7, 11) is 3.17. The molecule has 2 unspecified atom stereocenters. The van der Waals surface area contributed by atoms with Gasteiger partial charge in [-0.1, -0.05) is 0 Å². The van der Waals surface area contributed by atoms with Crippen molar-refractivity contribution < 1.29 is 9.47 Å². The number of ether oxygens (including phenoxy) is 2. The molecule has 19 heavy (non-hydrogen) atoms. The van der Waals surface area contributed by atoms with Gasteiger partial charge in [-0.15, -0.1) is 0 Å². The molecule has 1 aromatic rings. The van der Waals surface area contributed by atoms with Crippen molar-refractivity contribution in [3.05, 3.63) is 6.07 Å². The van der Waals surface area contributed by atoms with E-state index in [0.29, 0.717) is 29.7 Å². The molecule has 0 amide bonds. The SMILES string of the molecule is COc1cc(OC)nc(NC(C)C2CCCNC2)n1. The van der Waals surface area contributed by atoms with E-state index in [0.717, 1.165) is 13.1 Å². The van der Waals surface area contributed by atoms with Crippen LogP contribution in [0.4, 0.5) is 5.95 Å². The summed E-state index contributed by atoms with van der Waals surface area (Å²) < 4.78 is 10.3. The van der Waals surface area contributed by atoms with Crippen LogP contribution in [0, 0.1) is 5.92 Å². The first kappa shape index (κ1) is 13.9. The first-order chi connectivity index (χ1) is 9.22. The van der Waals surface area contributed by atoms with E-state index in [1.165, 1.54) is 12.8 Å². The molecule has 1 aliphatic rings. The molecule has 0 aromatic carbocycles. The minimum absolute atomic E-state index is 0.310. The predicted molar refractivity (Wildman–Crippen MR) is 73.8 cm³/mol. The monoisotopic (exact) mass is 266 g/mol. The van der Waals surface area contributed by atoms with Crippen molar-refractivity contribution in [1.82, 2.24) is 15.3 Å². The van der Waals surface area contributed by atoms with Crippen molar-refractivity contribution in [2.45, 2.75) is 25.8 Å². The second-order valence-corrected chi connectivity index (χ2v) is 4.82. The Morgan fingerprint density at radius 1 is 1.32 bits per heavy atom. The third kappa shape index (κ3) is 3.70. The quantitative estimate of drug-likeness (QED) is 0.837. The molecule has 2 heterocycles. The fraction of sp³-hybridized carbons (Fsp3) is 0.692. The number of methoxy groups -OCH3 is 2. The summed E-state index contributed by atoms with van der Waals surface area (Å²) >= 11 is 0. The summed E-state index contributed by atoms with van der Waals surface area (Å²) in [6.07, 6.45) is 2.45. The molecule has 1 aliphatic heterocycles. The Labute approximate surface area is 113 Å². The number of hydrogen-bond donors (Lipinski definition) is 2. The van der Waals surface area contributed by atoms with E-state index >= 15 is 0 Å². The maximum Gasteiger partial charge on any atom is 0.229 e. The van der Waals surface area contributed by atoms with E-state index in [4.69, 9.17) is 9.47 Å². The molecule has 6 nitrogen and oxygen atoms in total. The van der Waals surface area contributed by atoms with E-state index in [1.54, 1.807) is 20.3 Å². The van der Waals surface area contributed by atoms with Crippen molar-refractivity contribution in [1.29, 1.82) is 0 Å². The number of hydrogen-bond acceptors (Lipinski definition) is 6. The van der Waals surface area contributed by atoms with Crippen LogP contribution in [0.5, 0.6) is 11.8 Å². The Morgan fingerprint density at radius 3 is 2.53 bits per heavy atom. The maximum absolute atomic E-state index is 5.14. The fourth-order valence-corrected chi connectivity index (χ4v) is 2.30. The van der Waals surface area contributed by atoms with E-state index in [-0.39, 0.29) is 0 Å².